The highest BCUT2D eigenvalue weighted by molar-refractivity contribution is 5.94. The van der Waals surface area contributed by atoms with Gasteiger partial charge in [-0.2, -0.15) is 0 Å². The number of hydrogen-bond donors (Lipinski definition) is 1. The molecule has 1 saturated heterocycles. The molecule has 1 heterocycles. The van der Waals surface area contributed by atoms with Gasteiger partial charge >= 0.3 is 0 Å². The fourth-order valence-electron chi connectivity index (χ4n) is 1.53. The Morgan fingerprint density at radius 1 is 1.42 bits per heavy atom. The molecule has 1 N–H and O–H groups in total. The van der Waals surface area contributed by atoms with Crippen molar-refractivity contribution in [3.8, 4) is 0 Å². The number of hydrogen-bond acceptors (Lipinski definition) is 2. The second-order valence-electron chi connectivity index (χ2n) is 3.49. The van der Waals surface area contributed by atoms with Crippen LogP contribution in [0.3, 0.4) is 0 Å². The normalized spacial score (nSPS) is 30.4. The van der Waals surface area contributed by atoms with Gasteiger partial charge in [-0.25, -0.2) is 0 Å². The van der Waals surface area contributed by atoms with Crippen molar-refractivity contribution in [2.75, 3.05) is 6.54 Å². The van der Waals surface area contributed by atoms with E-state index in [9.17, 15) is 9.59 Å². The Morgan fingerprint density at radius 2 is 2.08 bits per heavy atom. The third-order valence-corrected chi connectivity index (χ3v) is 2.33. The highest BCUT2D eigenvalue weighted by Gasteiger charge is 2.38. The largest absolute Gasteiger partial charge is 0.343 e. The molecule has 2 aliphatic rings. The van der Waals surface area contributed by atoms with Crippen molar-refractivity contribution < 1.29 is 9.59 Å². The van der Waals surface area contributed by atoms with Gasteiger partial charge in [0, 0.05) is 6.04 Å². The molecule has 1 aliphatic heterocycles. The minimum absolute atomic E-state index is 0.0333. The Hall–Kier alpha value is -1.06. The summed E-state index contributed by atoms with van der Waals surface area (Å²) < 4.78 is 0. The van der Waals surface area contributed by atoms with E-state index in [0.717, 1.165) is 12.8 Å². The van der Waals surface area contributed by atoms with Gasteiger partial charge < -0.3 is 10.2 Å². The summed E-state index contributed by atoms with van der Waals surface area (Å²) in [4.78, 5) is 24.2. The number of carbonyl (C=O) groups excluding carboxylic acids is 2. The third-order valence-electron chi connectivity index (χ3n) is 2.33. The second-order valence-corrected chi connectivity index (χ2v) is 3.49. The van der Waals surface area contributed by atoms with Gasteiger partial charge in [-0.05, 0) is 19.8 Å². The monoisotopic (exact) mass is 168 g/mol. The first kappa shape index (κ1) is 7.58. The molecule has 4 nitrogen and oxygen atoms in total. The predicted molar refractivity (Wildman–Crippen MR) is 42.3 cm³/mol. The summed E-state index contributed by atoms with van der Waals surface area (Å²) in [6.45, 7) is 1.99. The van der Waals surface area contributed by atoms with Crippen molar-refractivity contribution in [1.82, 2.24) is 10.2 Å². The van der Waals surface area contributed by atoms with E-state index < -0.39 is 0 Å². The van der Waals surface area contributed by atoms with E-state index in [-0.39, 0.29) is 24.4 Å². The van der Waals surface area contributed by atoms with E-state index >= 15 is 0 Å². The van der Waals surface area contributed by atoms with E-state index in [2.05, 4.69) is 5.32 Å². The molecule has 2 fully saturated rings. The van der Waals surface area contributed by atoms with Crippen LogP contribution >= 0.6 is 0 Å². The summed E-state index contributed by atoms with van der Waals surface area (Å²) in [5.74, 6) is 0.0334. The maximum absolute atomic E-state index is 11.5. The van der Waals surface area contributed by atoms with Crippen molar-refractivity contribution in [1.29, 1.82) is 0 Å². The molecule has 0 radical (unpaired) electrons. The summed E-state index contributed by atoms with van der Waals surface area (Å²) in [7, 11) is 0. The molecule has 1 atom stereocenters. The maximum atomic E-state index is 11.5. The smallest absolute Gasteiger partial charge is 0.245 e. The predicted octanol–water partition coefficient (Wildman–Crippen LogP) is -0.504. The first-order valence-electron chi connectivity index (χ1n) is 4.28. The van der Waals surface area contributed by atoms with Crippen LogP contribution in [0.2, 0.25) is 0 Å². The summed E-state index contributed by atoms with van der Waals surface area (Å²) in [6.07, 6.45) is 2.12. The van der Waals surface area contributed by atoms with Crippen LogP contribution in [0.1, 0.15) is 19.8 Å². The molecule has 1 unspecified atom stereocenters. The minimum Gasteiger partial charge on any atom is -0.343 e. The van der Waals surface area contributed by atoms with Crippen LogP contribution in [0.25, 0.3) is 0 Å². The molecule has 2 rings (SSSR count). The highest BCUT2D eigenvalue weighted by Crippen LogP contribution is 2.27. The summed E-state index contributed by atoms with van der Waals surface area (Å²) in [5, 5.41) is 2.61. The van der Waals surface area contributed by atoms with Gasteiger partial charge in [-0.1, -0.05) is 0 Å². The van der Waals surface area contributed by atoms with Crippen molar-refractivity contribution in [2.24, 2.45) is 0 Å². The number of piperazine rings is 1. The SMILES string of the molecule is CC1NC(=O)CN(C2CC2)C1=O. The van der Waals surface area contributed by atoms with Crippen molar-refractivity contribution >= 4 is 11.8 Å². The van der Waals surface area contributed by atoms with E-state index in [1.807, 2.05) is 0 Å². The van der Waals surface area contributed by atoms with Crippen LogP contribution < -0.4 is 5.32 Å². The van der Waals surface area contributed by atoms with Crippen LogP contribution in [0.5, 0.6) is 0 Å². The molecule has 2 amide bonds. The molecule has 66 valence electrons. The van der Waals surface area contributed by atoms with Crippen LogP contribution in [0, 0.1) is 0 Å². The Balaban J connectivity index is 2.09. The molecule has 0 aromatic rings. The van der Waals surface area contributed by atoms with Gasteiger partial charge in [0.05, 0.1) is 6.54 Å². The molecule has 0 bridgehead atoms. The zero-order valence-corrected chi connectivity index (χ0v) is 7.04. The lowest BCUT2D eigenvalue weighted by Gasteiger charge is -2.30. The summed E-state index contributed by atoms with van der Waals surface area (Å²) in [5.41, 5.74) is 0. The van der Waals surface area contributed by atoms with E-state index in [4.69, 9.17) is 0 Å². The molecule has 12 heavy (non-hydrogen) atoms. The molecule has 0 aromatic heterocycles. The zero-order chi connectivity index (χ0) is 8.72. The minimum atomic E-state index is -0.327. The number of rotatable bonds is 1. The second kappa shape index (κ2) is 2.47. The van der Waals surface area contributed by atoms with Crippen molar-refractivity contribution in [3.63, 3.8) is 0 Å². The summed E-state index contributed by atoms with van der Waals surface area (Å²) >= 11 is 0. The zero-order valence-electron chi connectivity index (χ0n) is 7.04. The van der Waals surface area contributed by atoms with E-state index in [0.29, 0.717) is 6.04 Å². The van der Waals surface area contributed by atoms with E-state index in [1.54, 1.807) is 11.8 Å². The lowest BCUT2D eigenvalue weighted by atomic mass is 10.2. The maximum Gasteiger partial charge on any atom is 0.245 e. The van der Waals surface area contributed by atoms with Crippen molar-refractivity contribution in [3.05, 3.63) is 0 Å². The number of carbonyl (C=O) groups is 2. The van der Waals surface area contributed by atoms with Crippen LogP contribution in [-0.4, -0.2) is 35.3 Å². The van der Waals surface area contributed by atoms with Crippen molar-refractivity contribution in [2.45, 2.75) is 31.8 Å². The average molecular weight is 168 g/mol. The number of amides is 2. The third kappa shape index (κ3) is 1.17. The fraction of sp³-hybridized carbons (Fsp3) is 0.750. The topological polar surface area (TPSA) is 49.4 Å². The molecule has 0 spiro atoms. The molecule has 0 aromatic carbocycles. The average Bonchev–Trinajstić information content (AvgIpc) is 2.79. The first-order chi connectivity index (χ1) is 5.68. The molecule has 4 heteroatoms. The first-order valence-corrected chi connectivity index (χ1v) is 4.28. The Morgan fingerprint density at radius 3 is 2.67 bits per heavy atom. The number of nitrogens with one attached hydrogen (secondary N) is 1. The van der Waals surface area contributed by atoms with Gasteiger partial charge in [0.1, 0.15) is 6.04 Å². The fourth-order valence-corrected chi connectivity index (χ4v) is 1.53. The van der Waals surface area contributed by atoms with Gasteiger partial charge in [-0.15, -0.1) is 0 Å². The molecular formula is C8H12N2O2. The number of nitrogens with zero attached hydrogens (tertiary/aromatic N) is 1. The Bertz CT molecular complexity index is 235. The van der Waals surface area contributed by atoms with Gasteiger partial charge in [0.15, 0.2) is 0 Å². The lowest BCUT2D eigenvalue weighted by Crippen LogP contribution is -2.57. The van der Waals surface area contributed by atoms with Gasteiger partial charge in [0.25, 0.3) is 0 Å². The Labute approximate surface area is 70.9 Å². The lowest BCUT2D eigenvalue weighted by molar-refractivity contribution is -0.144. The van der Waals surface area contributed by atoms with Crippen LogP contribution in [0.15, 0.2) is 0 Å². The molecule has 1 aliphatic carbocycles. The van der Waals surface area contributed by atoms with E-state index in [1.165, 1.54) is 0 Å². The van der Waals surface area contributed by atoms with Gasteiger partial charge in [0.2, 0.25) is 11.8 Å². The van der Waals surface area contributed by atoms with Crippen LogP contribution in [0.4, 0.5) is 0 Å². The van der Waals surface area contributed by atoms with Gasteiger partial charge in [-0.3, -0.25) is 9.59 Å². The quantitative estimate of drug-likeness (QED) is 0.573. The van der Waals surface area contributed by atoms with Crippen LogP contribution in [-0.2, 0) is 9.59 Å². The molecular weight excluding hydrogens is 156 g/mol. The molecule has 1 saturated carbocycles. The summed E-state index contributed by atoms with van der Waals surface area (Å²) in [6, 6.07) is 0.0258. The standard InChI is InChI=1S/C8H12N2O2/c1-5-8(12)10(6-2-3-6)4-7(11)9-5/h5-6H,2-4H2,1H3,(H,9,11). The highest BCUT2D eigenvalue weighted by atomic mass is 16.2. The Kier molecular flexibility index (Phi) is 1.56.